The number of allylic oxidation sites excluding steroid dienone is 8. The summed E-state index contributed by atoms with van der Waals surface area (Å²) in [6, 6.07) is 0. The van der Waals surface area contributed by atoms with Gasteiger partial charge >= 0.3 is 0 Å². The van der Waals surface area contributed by atoms with E-state index in [-0.39, 0.29) is 5.78 Å². The van der Waals surface area contributed by atoms with Crippen molar-refractivity contribution in [2.75, 3.05) is 0 Å². The van der Waals surface area contributed by atoms with Crippen LogP contribution in [0.25, 0.3) is 0 Å². The Morgan fingerprint density at radius 3 is 2.91 bits per heavy atom. The molecule has 0 amide bonds. The quantitative estimate of drug-likeness (QED) is 0.507. The second-order valence-electron chi connectivity index (χ2n) is 2.63. The first-order valence-electron chi connectivity index (χ1n) is 3.67. The smallest absolute Gasteiger partial charge is 0.179 e. The average molecular weight is 144 g/mol. The third-order valence-electron chi connectivity index (χ3n) is 1.83. The lowest BCUT2D eigenvalue weighted by Gasteiger charge is -2.10. The van der Waals surface area contributed by atoms with E-state index in [0.29, 0.717) is 0 Å². The zero-order valence-corrected chi connectivity index (χ0v) is 6.08. The number of hydrogen-bond donors (Lipinski definition) is 0. The summed E-state index contributed by atoms with van der Waals surface area (Å²) in [5.74, 6) is 0.0868. The van der Waals surface area contributed by atoms with Crippen molar-refractivity contribution in [3.8, 4) is 0 Å². The topological polar surface area (TPSA) is 17.1 Å². The van der Waals surface area contributed by atoms with E-state index in [2.05, 4.69) is 12.2 Å². The Morgan fingerprint density at radius 2 is 2.00 bits per heavy atom. The standard InChI is InChI=1S/C10H8O/c11-10-6-5-8-3-1-2-4-9(8)7-10/h2-7H,1H2. The van der Waals surface area contributed by atoms with Crippen LogP contribution in [0, 0.1) is 0 Å². The van der Waals surface area contributed by atoms with Crippen molar-refractivity contribution in [1.82, 2.24) is 0 Å². The number of carbonyl (C=O) groups is 1. The highest BCUT2D eigenvalue weighted by Gasteiger charge is 2.08. The molecule has 2 aliphatic carbocycles. The first kappa shape index (κ1) is 6.35. The van der Waals surface area contributed by atoms with E-state index in [1.165, 1.54) is 5.57 Å². The Hall–Kier alpha value is -1.37. The fourth-order valence-electron chi connectivity index (χ4n) is 1.27. The van der Waals surface area contributed by atoms with Gasteiger partial charge in [0, 0.05) is 0 Å². The summed E-state index contributed by atoms with van der Waals surface area (Å²) in [4.78, 5) is 10.9. The lowest BCUT2D eigenvalue weighted by molar-refractivity contribution is -0.110. The molecule has 2 rings (SSSR count). The Balaban J connectivity index is 2.44. The summed E-state index contributed by atoms with van der Waals surface area (Å²) in [5.41, 5.74) is 2.22. The van der Waals surface area contributed by atoms with E-state index in [4.69, 9.17) is 0 Å². The van der Waals surface area contributed by atoms with Gasteiger partial charge < -0.3 is 0 Å². The van der Waals surface area contributed by atoms with Gasteiger partial charge in [0.1, 0.15) is 0 Å². The van der Waals surface area contributed by atoms with Crippen molar-refractivity contribution in [3.63, 3.8) is 0 Å². The monoisotopic (exact) mass is 144 g/mol. The summed E-state index contributed by atoms with van der Waals surface area (Å²) < 4.78 is 0. The molecule has 0 spiro atoms. The molecule has 2 aliphatic rings. The van der Waals surface area contributed by atoms with Gasteiger partial charge in [-0.2, -0.15) is 0 Å². The SMILES string of the molecule is O=C1C=CC2=CCC=CC2=C1. The number of ketones is 1. The molecule has 0 bridgehead atoms. The van der Waals surface area contributed by atoms with Gasteiger partial charge in [-0.15, -0.1) is 0 Å². The molecule has 0 heterocycles. The fraction of sp³-hybridized carbons (Fsp3) is 0.100. The van der Waals surface area contributed by atoms with Gasteiger partial charge in [-0.3, -0.25) is 4.79 Å². The number of fused-ring (bicyclic) bond motifs is 1. The van der Waals surface area contributed by atoms with Gasteiger partial charge in [-0.05, 0) is 29.7 Å². The van der Waals surface area contributed by atoms with Crippen LogP contribution in [0.15, 0.2) is 47.6 Å². The van der Waals surface area contributed by atoms with Crippen LogP contribution in [-0.2, 0) is 4.79 Å². The highest BCUT2D eigenvalue weighted by atomic mass is 16.1. The zero-order chi connectivity index (χ0) is 7.68. The maximum Gasteiger partial charge on any atom is 0.179 e. The molecule has 0 aliphatic heterocycles. The molecule has 1 heteroatoms. The third-order valence-corrected chi connectivity index (χ3v) is 1.83. The maximum absolute atomic E-state index is 10.9. The minimum Gasteiger partial charge on any atom is -0.290 e. The number of rotatable bonds is 0. The van der Waals surface area contributed by atoms with Crippen molar-refractivity contribution in [1.29, 1.82) is 0 Å². The van der Waals surface area contributed by atoms with E-state index < -0.39 is 0 Å². The summed E-state index contributed by atoms with van der Waals surface area (Å²) >= 11 is 0. The van der Waals surface area contributed by atoms with E-state index in [0.717, 1.165) is 12.0 Å². The van der Waals surface area contributed by atoms with E-state index in [1.54, 1.807) is 12.2 Å². The minimum atomic E-state index is 0.0868. The fourth-order valence-corrected chi connectivity index (χ4v) is 1.27. The van der Waals surface area contributed by atoms with Gasteiger partial charge in [0.25, 0.3) is 0 Å². The van der Waals surface area contributed by atoms with Gasteiger partial charge in [0.15, 0.2) is 5.78 Å². The summed E-state index contributed by atoms with van der Waals surface area (Å²) in [6.45, 7) is 0. The largest absolute Gasteiger partial charge is 0.290 e. The molecule has 11 heavy (non-hydrogen) atoms. The van der Waals surface area contributed by atoms with Crippen molar-refractivity contribution in [2.24, 2.45) is 0 Å². The first-order chi connectivity index (χ1) is 5.36. The molecule has 1 nitrogen and oxygen atoms in total. The van der Waals surface area contributed by atoms with Gasteiger partial charge in [0.05, 0.1) is 0 Å². The molecule has 0 N–H and O–H groups in total. The molecular formula is C10H8O. The van der Waals surface area contributed by atoms with Crippen LogP contribution < -0.4 is 0 Å². The molecule has 0 saturated carbocycles. The molecular weight excluding hydrogens is 136 g/mol. The molecule has 0 aromatic rings. The molecule has 0 atom stereocenters. The van der Waals surface area contributed by atoms with Crippen molar-refractivity contribution in [2.45, 2.75) is 6.42 Å². The zero-order valence-electron chi connectivity index (χ0n) is 6.08. The van der Waals surface area contributed by atoms with Gasteiger partial charge in [0.2, 0.25) is 0 Å². The van der Waals surface area contributed by atoms with Crippen LogP contribution in [-0.4, -0.2) is 5.78 Å². The summed E-state index contributed by atoms with van der Waals surface area (Å²) in [5, 5.41) is 0. The number of carbonyl (C=O) groups excluding carboxylic acids is 1. The highest BCUT2D eigenvalue weighted by molar-refractivity contribution is 6.02. The first-order valence-corrected chi connectivity index (χ1v) is 3.67. The normalized spacial score (nSPS) is 20.9. The molecule has 0 saturated heterocycles. The van der Waals surface area contributed by atoms with E-state index in [9.17, 15) is 4.79 Å². The van der Waals surface area contributed by atoms with E-state index in [1.807, 2.05) is 12.2 Å². The molecule has 0 aromatic carbocycles. The van der Waals surface area contributed by atoms with Crippen molar-refractivity contribution in [3.05, 3.63) is 47.6 Å². The third kappa shape index (κ3) is 1.09. The Bertz CT molecular complexity index is 314. The van der Waals surface area contributed by atoms with Crippen LogP contribution in [0.3, 0.4) is 0 Å². The average Bonchev–Trinajstić information content (AvgIpc) is 2.04. The van der Waals surface area contributed by atoms with Crippen LogP contribution in [0.4, 0.5) is 0 Å². The summed E-state index contributed by atoms with van der Waals surface area (Å²) in [6.07, 6.45) is 12.3. The molecule has 0 unspecified atom stereocenters. The maximum atomic E-state index is 10.9. The minimum absolute atomic E-state index is 0.0868. The molecule has 0 radical (unpaired) electrons. The summed E-state index contributed by atoms with van der Waals surface area (Å²) in [7, 11) is 0. The number of hydrogen-bond acceptors (Lipinski definition) is 1. The van der Waals surface area contributed by atoms with E-state index >= 15 is 0 Å². The lowest BCUT2D eigenvalue weighted by atomic mass is 9.94. The Labute approximate surface area is 65.4 Å². The van der Waals surface area contributed by atoms with Crippen LogP contribution in [0.5, 0.6) is 0 Å². The van der Waals surface area contributed by atoms with Gasteiger partial charge in [-0.1, -0.05) is 24.3 Å². The predicted molar refractivity (Wildman–Crippen MR) is 44.1 cm³/mol. The Morgan fingerprint density at radius 1 is 1.09 bits per heavy atom. The molecule has 0 fully saturated rings. The van der Waals surface area contributed by atoms with Crippen molar-refractivity contribution >= 4 is 5.78 Å². The van der Waals surface area contributed by atoms with Crippen LogP contribution in [0.1, 0.15) is 6.42 Å². The van der Waals surface area contributed by atoms with Gasteiger partial charge in [-0.25, -0.2) is 0 Å². The van der Waals surface area contributed by atoms with Crippen LogP contribution in [0.2, 0.25) is 0 Å². The Kier molecular flexibility index (Phi) is 1.35. The predicted octanol–water partition coefficient (Wildman–Crippen LogP) is 1.94. The second kappa shape index (κ2) is 2.35. The van der Waals surface area contributed by atoms with Crippen molar-refractivity contribution < 1.29 is 4.79 Å². The molecule has 0 aromatic heterocycles. The second-order valence-corrected chi connectivity index (χ2v) is 2.63. The van der Waals surface area contributed by atoms with Crippen LogP contribution >= 0.6 is 0 Å². The lowest BCUT2D eigenvalue weighted by Crippen LogP contribution is -1.99. The molecule has 54 valence electrons. The highest BCUT2D eigenvalue weighted by Crippen LogP contribution is 2.21.